The smallest absolute Gasteiger partial charge is 0.251 e. The lowest BCUT2D eigenvalue weighted by molar-refractivity contribution is 0.0951. The Labute approximate surface area is 192 Å². The number of rotatable bonds is 8. The normalized spacial score (nSPS) is 11.1. The lowest BCUT2D eigenvalue weighted by Gasteiger charge is -2.10. The number of hydrogen-bond acceptors (Lipinski definition) is 4. The summed E-state index contributed by atoms with van der Waals surface area (Å²) in [5.41, 5.74) is 11.1. The molecule has 0 unspecified atom stereocenters. The third kappa shape index (κ3) is 5.10. The lowest BCUT2D eigenvalue weighted by Crippen LogP contribution is -2.27. The molecule has 0 spiro atoms. The summed E-state index contributed by atoms with van der Waals surface area (Å²) < 4.78 is 0. The van der Waals surface area contributed by atoms with E-state index < -0.39 is 5.91 Å². The summed E-state index contributed by atoms with van der Waals surface area (Å²) in [6.45, 7) is 1.58. The first-order valence-corrected chi connectivity index (χ1v) is 10.8. The van der Waals surface area contributed by atoms with Crippen molar-refractivity contribution in [3.05, 3.63) is 78.0 Å². The third-order valence-electron chi connectivity index (χ3n) is 5.54. The number of benzene rings is 2. The van der Waals surface area contributed by atoms with Gasteiger partial charge in [-0.1, -0.05) is 24.3 Å². The number of pyridine rings is 1. The van der Waals surface area contributed by atoms with E-state index in [2.05, 4.69) is 26.3 Å². The first-order chi connectivity index (χ1) is 15.9. The van der Waals surface area contributed by atoms with E-state index >= 15 is 0 Å². The van der Waals surface area contributed by atoms with E-state index in [-0.39, 0.29) is 5.91 Å². The number of aromatic nitrogens is 2. The number of carbonyl (C=O) groups is 2. The number of hydrogen-bond donors (Lipinski definition) is 3. The first-order valence-electron chi connectivity index (χ1n) is 10.8. The highest BCUT2D eigenvalue weighted by Gasteiger charge is 2.11. The van der Waals surface area contributed by atoms with Crippen molar-refractivity contribution in [1.29, 1.82) is 0 Å². The summed E-state index contributed by atoms with van der Waals surface area (Å²) in [6.07, 6.45) is 2.66. The molecule has 7 nitrogen and oxygen atoms in total. The zero-order valence-electron chi connectivity index (χ0n) is 18.8. The van der Waals surface area contributed by atoms with Gasteiger partial charge in [0.25, 0.3) is 5.91 Å². The van der Waals surface area contributed by atoms with Crippen molar-refractivity contribution < 1.29 is 9.59 Å². The van der Waals surface area contributed by atoms with Crippen LogP contribution >= 0.6 is 0 Å². The fraction of sp³-hybridized carbons (Fsp3) is 0.192. The van der Waals surface area contributed by atoms with Crippen LogP contribution < -0.4 is 11.1 Å². The zero-order chi connectivity index (χ0) is 23.4. The average Bonchev–Trinajstić information content (AvgIpc) is 3.26. The van der Waals surface area contributed by atoms with E-state index in [1.54, 1.807) is 18.3 Å². The molecule has 0 fully saturated rings. The highest BCUT2D eigenvalue weighted by atomic mass is 16.2. The van der Waals surface area contributed by atoms with Gasteiger partial charge in [-0.05, 0) is 80.1 Å². The van der Waals surface area contributed by atoms with Gasteiger partial charge < -0.3 is 20.9 Å². The second kappa shape index (κ2) is 9.67. The average molecular weight is 442 g/mol. The Morgan fingerprint density at radius 2 is 1.64 bits per heavy atom. The molecule has 4 N–H and O–H groups in total. The van der Waals surface area contributed by atoms with Crippen molar-refractivity contribution in [2.45, 2.75) is 6.42 Å². The Morgan fingerprint density at radius 1 is 0.970 bits per heavy atom. The number of nitrogens with two attached hydrogens (primary N) is 1. The molecule has 0 aliphatic heterocycles. The largest absolute Gasteiger partial charge is 0.366 e. The van der Waals surface area contributed by atoms with Gasteiger partial charge in [0, 0.05) is 34.9 Å². The minimum atomic E-state index is -0.448. The van der Waals surface area contributed by atoms with Gasteiger partial charge in [-0.2, -0.15) is 0 Å². The second-order valence-corrected chi connectivity index (χ2v) is 8.24. The Balaban J connectivity index is 1.54. The van der Waals surface area contributed by atoms with Gasteiger partial charge in [-0.3, -0.25) is 9.59 Å². The van der Waals surface area contributed by atoms with Crippen LogP contribution in [0.2, 0.25) is 0 Å². The van der Waals surface area contributed by atoms with Gasteiger partial charge in [0.15, 0.2) is 0 Å². The quantitative estimate of drug-likeness (QED) is 0.363. The lowest BCUT2D eigenvalue weighted by atomic mass is 10.0. The van der Waals surface area contributed by atoms with Gasteiger partial charge in [0.2, 0.25) is 5.91 Å². The maximum Gasteiger partial charge on any atom is 0.251 e. The molecule has 0 aliphatic rings. The standard InChI is InChI=1S/C26H27N5O2/c1-31(2)15-3-13-29-26(33)20-10-6-18(7-11-20)23-16-22-21(12-14-28-25(22)30-23)17-4-8-19(9-5-17)24(27)32/h4-12,14,16H,3,13,15H2,1-2H3,(H2,27,32)(H,28,30)(H,29,33). The van der Waals surface area contributed by atoms with Crippen LogP contribution in [0.1, 0.15) is 27.1 Å². The summed E-state index contributed by atoms with van der Waals surface area (Å²) in [5.74, 6) is -0.517. The molecule has 0 bridgehead atoms. The summed E-state index contributed by atoms with van der Waals surface area (Å²) in [7, 11) is 4.03. The molecule has 0 radical (unpaired) electrons. The molecule has 168 valence electrons. The Hall–Kier alpha value is -3.97. The van der Waals surface area contributed by atoms with Crippen molar-refractivity contribution in [2.75, 3.05) is 27.2 Å². The van der Waals surface area contributed by atoms with Crippen LogP contribution in [0.4, 0.5) is 0 Å². The number of primary amides is 1. The minimum Gasteiger partial charge on any atom is -0.366 e. The molecule has 2 aromatic carbocycles. The monoisotopic (exact) mass is 441 g/mol. The molecule has 2 heterocycles. The van der Waals surface area contributed by atoms with Crippen LogP contribution in [-0.4, -0.2) is 53.9 Å². The van der Waals surface area contributed by atoms with Gasteiger partial charge in [-0.25, -0.2) is 4.98 Å². The van der Waals surface area contributed by atoms with Crippen LogP contribution in [0.3, 0.4) is 0 Å². The van der Waals surface area contributed by atoms with Crippen LogP contribution in [0.15, 0.2) is 66.9 Å². The van der Waals surface area contributed by atoms with E-state index in [1.165, 1.54) is 0 Å². The van der Waals surface area contributed by atoms with Gasteiger partial charge in [0.05, 0.1) is 0 Å². The fourth-order valence-electron chi connectivity index (χ4n) is 3.75. The van der Waals surface area contributed by atoms with Crippen LogP contribution in [0, 0.1) is 0 Å². The second-order valence-electron chi connectivity index (χ2n) is 8.24. The van der Waals surface area contributed by atoms with Gasteiger partial charge in [0.1, 0.15) is 5.65 Å². The van der Waals surface area contributed by atoms with Crippen LogP contribution in [-0.2, 0) is 0 Å². The highest BCUT2D eigenvalue weighted by molar-refractivity contribution is 5.98. The Bertz CT molecular complexity index is 1270. The zero-order valence-corrected chi connectivity index (χ0v) is 18.8. The number of aromatic amines is 1. The van der Waals surface area contributed by atoms with E-state index in [0.717, 1.165) is 46.4 Å². The van der Waals surface area contributed by atoms with Crippen LogP contribution in [0.25, 0.3) is 33.4 Å². The maximum atomic E-state index is 12.4. The molecule has 4 rings (SSSR count). The van der Waals surface area contributed by atoms with Gasteiger partial charge >= 0.3 is 0 Å². The molecular formula is C26H27N5O2. The molecule has 0 saturated heterocycles. The maximum absolute atomic E-state index is 12.4. The summed E-state index contributed by atoms with van der Waals surface area (Å²) in [4.78, 5) is 33.7. The number of nitrogens with one attached hydrogen (secondary N) is 2. The number of H-pyrrole nitrogens is 1. The number of carbonyl (C=O) groups excluding carboxylic acids is 2. The van der Waals surface area contributed by atoms with E-state index in [1.807, 2.05) is 56.6 Å². The predicted molar refractivity (Wildman–Crippen MR) is 131 cm³/mol. The molecule has 0 atom stereocenters. The Morgan fingerprint density at radius 3 is 2.30 bits per heavy atom. The van der Waals surface area contributed by atoms with Crippen molar-refractivity contribution in [1.82, 2.24) is 20.2 Å². The predicted octanol–water partition coefficient (Wildman–Crippen LogP) is 3.68. The number of amides is 2. The SMILES string of the molecule is CN(C)CCCNC(=O)c1ccc(-c2cc3c(-c4ccc(C(N)=O)cc4)ccnc3[nH]2)cc1. The Kier molecular flexibility index (Phi) is 6.51. The highest BCUT2D eigenvalue weighted by Crippen LogP contribution is 2.31. The molecule has 2 amide bonds. The van der Waals surface area contributed by atoms with Crippen molar-refractivity contribution in [3.8, 4) is 22.4 Å². The van der Waals surface area contributed by atoms with Crippen molar-refractivity contribution >= 4 is 22.8 Å². The molecule has 2 aromatic heterocycles. The first kappa shape index (κ1) is 22.2. The number of nitrogens with zero attached hydrogens (tertiary/aromatic N) is 2. The van der Waals surface area contributed by atoms with E-state index in [4.69, 9.17) is 5.73 Å². The molecule has 33 heavy (non-hydrogen) atoms. The van der Waals surface area contributed by atoms with Crippen molar-refractivity contribution in [3.63, 3.8) is 0 Å². The molecule has 4 aromatic rings. The topological polar surface area (TPSA) is 104 Å². The van der Waals surface area contributed by atoms with E-state index in [9.17, 15) is 9.59 Å². The third-order valence-corrected chi connectivity index (χ3v) is 5.54. The molecular weight excluding hydrogens is 414 g/mol. The fourth-order valence-corrected chi connectivity index (χ4v) is 3.75. The summed E-state index contributed by atoms with van der Waals surface area (Å²) in [6, 6.07) is 18.7. The molecule has 7 heteroatoms. The summed E-state index contributed by atoms with van der Waals surface area (Å²) in [5, 5.41) is 3.93. The molecule has 0 saturated carbocycles. The molecule has 0 aliphatic carbocycles. The van der Waals surface area contributed by atoms with Gasteiger partial charge in [-0.15, -0.1) is 0 Å². The summed E-state index contributed by atoms with van der Waals surface area (Å²) >= 11 is 0. The number of fused-ring (bicyclic) bond motifs is 1. The van der Waals surface area contributed by atoms with Crippen LogP contribution in [0.5, 0.6) is 0 Å². The minimum absolute atomic E-state index is 0.0692. The van der Waals surface area contributed by atoms with E-state index in [0.29, 0.717) is 17.7 Å². The van der Waals surface area contributed by atoms with Crippen molar-refractivity contribution in [2.24, 2.45) is 5.73 Å².